The van der Waals surface area contributed by atoms with E-state index in [-0.39, 0.29) is 5.91 Å². The summed E-state index contributed by atoms with van der Waals surface area (Å²) in [5, 5.41) is 4.57. The van der Waals surface area contributed by atoms with Crippen molar-refractivity contribution in [2.24, 2.45) is 5.41 Å². The van der Waals surface area contributed by atoms with Gasteiger partial charge < -0.3 is 10.3 Å². The molecule has 2 heterocycles. The van der Waals surface area contributed by atoms with Gasteiger partial charge in [-0.05, 0) is 56.1 Å². The van der Waals surface area contributed by atoms with Crippen LogP contribution in [0.2, 0.25) is 5.02 Å². The number of H-pyrrole nitrogens is 1. The van der Waals surface area contributed by atoms with Crippen molar-refractivity contribution in [1.82, 2.24) is 15.3 Å². The summed E-state index contributed by atoms with van der Waals surface area (Å²) in [7, 11) is 0. The van der Waals surface area contributed by atoms with Crippen LogP contribution in [-0.2, 0) is 0 Å². The predicted molar refractivity (Wildman–Crippen MR) is 87.1 cm³/mol. The number of nitrogens with zero attached hydrogens (tertiary/aromatic N) is 1. The van der Waals surface area contributed by atoms with Crippen molar-refractivity contribution < 1.29 is 4.79 Å². The number of pyridine rings is 1. The Morgan fingerprint density at radius 2 is 2.09 bits per heavy atom. The molecule has 2 aromatic rings. The minimum absolute atomic E-state index is 0.0522. The van der Waals surface area contributed by atoms with Crippen molar-refractivity contribution in [1.29, 1.82) is 0 Å². The molecule has 22 heavy (non-hydrogen) atoms. The summed E-state index contributed by atoms with van der Waals surface area (Å²) in [4.78, 5) is 19.7. The quantitative estimate of drug-likeness (QED) is 0.877. The first kappa shape index (κ1) is 14.1. The first-order chi connectivity index (χ1) is 10.7. The number of amides is 1. The van der Waals surface area contributed by atoms with Crippen LogP contribution in [0.1, 0.15) is 55.4 Å². The van der Waals surface area contributed by atoms with Crippen LogP contribution in [0.5, 0.6) is 0 Å². The molecule has 0 saturated heterocycles. The zero-order valence-corrected chi connectivity index (χ0v) is 13.2. The molecule has 1 amide bonds. The Morgan fingerprint density at radius 1 is 1.32 bits per heavy atom. The van der Waals surface area contributed by atoms with Crippen LogP contribution in [-0.4, -0.2) is 21.9 Å². The Hall–Kier alpha value is -1.55. The summed E-state index contributed by atoms with van der Waals surface area (Å²) in [5.41, 5.74) is 1.83. The highest BCUT2D eigenvalue weighted by Crippen LogP contribution is 2.51. The fourth-order valence-corrected chi connectivity index (χ4v) is 4.13. The molecule has 0 atom stereocenters. The van der Waals surface area contributed by atoms with E-state index in [9.17, 15) is 4.79 Å². The number of hydrogen-bond acceptors (Lipinski definition) is 2. The fourth-order valence-electron chi connectivity index (χ4n) is 3.93. The van der Waals surface area contributed by atoms with Gasteiger partial charge in [-0.1, -0.05) is 18.0 Å². The molecule has 0 aromatic carbocycles. The van der Waals surface area contributed by atoms with Gasteiger partial charge in [0.1, 0.15) is 11.3 Å². The lowest BCUT2D eigenvalue weighted by molar-refractivity contribution is 0.0601. The van der Waals surface area contributed by atoms with Gasteiger partial charge in [0.25, 0.3) is 5.91 Å². The number of aromatic nitrogens is 2. The van der Waals surface area contributed by atoms with Crippen molar-refractivity contribution in [3.63, 3.8) is 0 Å². The van der Waals surface area contributed by atoms with Gasteiger partial charge >= 0.3 is 0 Å². The molecule has 0 radical (unpaired) electrons. The normalized spacial score (nSPS) is 21.0. The SMILES string of the molecule is O=C(NC1CCC2(CCC2)CC1)c1cc2c(Cl)ccnc2[nH]1. The maximum Gasteiger partial charge on any atom is 0.267 e. The second-order valence-corrected chi connectivity index (χ2v) is 7.25. The third kappa shape index (κ3) is 2.39. The second kappa shape index (κ2) is 5.27. The molecule has 4 nitrogen and oxygen atoms in total. The largest absolute Gasteiger partial charge is 0.348 e. The molecule has 0 bridgehead atoms. The van der Waals surface area contributed by atoms with Gasteiger partial charge in [-0.15, -0.1) is 0 Å². The summed E-state index contributed by atoms with van der Waals surface area (Å²) in [6, 6.07) is 3.82. The van der Waals surface area contributed by atoms with Gasteiger partial charge in [-0.2, -0.15) is 0 Å². The highest BCUT2D eigenvalue weighted by Gasteiger charge is 2.40. The van der Waals surface area contributed by atoms with Gasteiger partial charge in [-0.25, -0.2) is 4.98 Å². The number of hydrogen-bond donors (Lipinski definition) is 2. The number of fused-ring (bicyclic) bond motifs is 1. The number of aromatic amines is 1. The highest BCUT2D eigenvalue weighted by atomic mass is 35.5. The standard InChI is InChI=1S/C17H20ClN3O/c18-13-4-9-19-15-12(13)10-14(21-15)16(22)20-11-2-7-17(8-3-11)5-1-6-17/h4,9-11H,1-3,5-8H2,(H,19,21)(H,20,22). The van der Waals surface area contributed by atoms with Gasteiger partial charge in [-0.3, -0.25) is 4.79 Å². The predicted octanol–water partition coefficient (Wildman–Crippen LogP) is 4.06. The van der Waals surface area contributed by atoms with Crippen LogP contribution >= 0.6 is 11.6 Å². The Morgan fingerprint density at radius 3 is 2.73 bits per heavy atom. The summed E-state index contributed by atoms with van der Waals surface area (Å²) in [6.07, 6.45) is 10.5. The van der Waals surface area contributed by atoms with Crippen molar-refractivity contribution in [3.8, 4) is 0 Å². The first-order valence-electron chi connectivity index (χ1n) is 8.09. The number of nitrogens with one attached hydrogen (secondary N) is 2. The van der Waals surface area contributed by atoms with E-state index < -0.39 is 0 Å². The monoisotopic (exact) mass is 317 g/mol. The third-order valence-corrected chi connectivity index (χ3v) is 5.85. The van der Waals surface area contributed by atoms with Gasteiger partial charge in [0.2, 0.25) is 0 Å². The van der Waals surface area contributed by atoms with Gasteiger partial charge in [0, 0.05) is 17.6 Å². The zero-order valence-electron chi connectivity index (χ0n) is 12.5. The van der Waals surface area contributed by atoms with E-state index in [0.717, 1.165) is 18.2 Å². The lowest BCUT2D eigenvalue weighted by Crippen LogP contribution is -2.43. The molecule has 2 aliphatic rings. The van der Waals surface area contributed by atoms with E-state index in [0.29, 0.717) is 27.8 Å². The van der Waals surface area contributed by atoms with Crippen LogP contribution < -0.4 is 5.32 Å². The van der Waals surface area contributed by atoms with Crippen LogP contribution in [0.4, 0.5) is 0 Å². The smallest absolute Gasteiger partial charge is 0.267 e. The third-order valence-electron chi connectivity index (χ3n) is 5.52. The molecule has 2 fully saturated rings. The maximum atomic E-state index is 12.4. The number of halogens is 1. The Bertz CT molecular complexity index is 710. The summed E-state index contributed by atoms with van der Waals surface area (Å²) < 4.78 is 0. The van der Waals surface area contributed by atoms with Crippen LogP contribution in [0.3, 0.4) is 0 Å². The van der Waals surface area contributed by atoms with E-state index in [1.54, 1.807) is 18.3 Å². The Kier molecular flexibility index (Phi) is 3.37. The van der Waals surface area contributed by atoms with E-state index >= 15 is 0 Å². The minimum atomic E-state index is -0.0522. The van der Waals surface area contributed by atoms with E-state index in [1.165, 1.54) is 32.1 Å². The van der Waals surface area contributed by atoms with Crippen LogP contribution in [0, 0.1) is 5.41 Å². The topological polar surface area (TPSA) is 57.8 Å². The molecule has 2 N–H and O–H groups in total. The Balaban J connectivity index is 1.44. The average molecular weight is 318 g/mol. The average Bonchev–Trinajstić information content (AvgIpc) is 2.92. The number of rotatable bonds is 2. The summed E-state index contributed by atoms with van der Waals surface area (Å²) in [6.45, 7) is 0. The molecular weight excluding hydrogens is 298 g/mol. The lowest BCUT2D eigenvalue weighted by atomic mass is 9.60. The van der Waals surface area contributed by atoms with Crippen molar-refractivity contribution >= 4 is 28.5 Å². The fraction of sp³-hybridized carbons (Fsp3) is 0.529. The van der Waals surface area contributed by atoms with Crippen molar-refractivity contribution in [2.75, 3.05) is 0 Å². The molecule has 2 aliphatic carbocycles. The maximum absolute atomic E-state index is 12.4. The van der Waals surface area contributed by atoms with Gasteiger partial charge in [0.05, 0.1) is 5.02 Å². The molecule has 116 valence electrons. The van der Waals surface area contributed by atoms with E-state index in [2.05, 4.69) is 15.3 Å². The molecule has 1 spiro atoms. The van der Waals surface area contributed by atoms with Crippen LogP contribution in [0.15, 0.2) is 18.3 Å². The summed E-state index contributed by atoms with van der Waals surface area (Å²) >= 11 is 6.13. The summed E-state index contributed by atoms with van der Waals surface area (Å²) in [5.74, 6) is -0.0522. The molecule has 0 unspecified atom stereocenters. The molecule has 5 heteroatoms. The minimum Gasteiger partial charge on any atom is -0.348 e. The first-order valence-corrected chi connectivity index (χ1v) is 8.47. The van der Waals surface area contributed by atoms with Crippen molar-refractivity contribution in [3.05, 3.63) is 29.0 Å². The van der Waals surface area contributed by atoms with Gasteiger partial charge in [0.15, 0.2) is 0 Å². The van der Waals surface area contributed by atoms with E-state index in [4.69, 9.17) is 11.6 Å². The molecule has 0 aliphatic heterocycles. The molecule has 2 aromatic heterocycles. The molecule has 2 saturated carbocycles. The highest BCUT2D eigenvalue weighted by molar-refractivity contribution is 6.35. The number of carbonyl (C=O) groups excluding carboxylic acids is 1. The molecule has 4 rings (SSSR count). The number of carbonyl (C=O) groups is 1. The second-order valence-electron chi connectivity index (χ2n) is 6.84. The van der Waals surface area contributed by atoms with E-state index in [1.807, 2.05) is 0 Å². The molecular formula is C17H20ClN3O. The van der Waals surface area contributed by atoms with Crippen molar-refractivity contribution in [2.45, 2.75) is 51.0 Å². The van der Waals surface area contributed by atoms with Crippen LogP contribution in [0.25, 0.3) is 11.0 Å². The lowest BCUT2D eigenvalue weighted by Gasteiger charge is -2.47. The Labute approximate surface area is 134 Å². The zero-order chi connectivity index (χ0) is 15.2.